The lowest BCUT2D eigenvalue weighted by Crippen LogP contribution is -2.53. The quantitative estimate of drug-likeness (QED) is 0.138. The number of halogens is 4. The molecule has 0 aromatic carbocycles. The van der Waals surface area contributed by atoms with Gasteiger partial charge in [-0.15, -0.1) is 0 Å². The summed E-state index contributed by atoms with van der Waals surface area (Å²) in [6.07, 6.45) is -12.2. The van der Waals surface area contributed by atoms with E-state index in [1.165, 1.54) is 18.8 Å². The van der Waals surface area contributed by atoms with Gasteiger partial charge < -0.3 is 23.8 Å². The van der Waals surface area contributed by atoms with Gasteiger partial charge >= 0.3 is 17.6 Å². The smallest absolute Gasteiger partial charge is 0.330 e. The molecule has 19 heteroatoms. The number of alkyl halides is 3. The average Bonchev–Trinajstić information content (AvgIpc) is 3.10. The van der Waals surface area contributed by atoms with E-state index in [1.54, 1.807) is 27.7 Å². The molecule has 1 saturated heterocycles. The molecule has 0 unspecified atom stereocenters. The maximum Gasteiger partial charge on any atom is 0.330 e. The largest absolute Gasteiger partial charge is 0.462 e. The normalized spacial score (nSPS) is 24.6. The molecule has 2 rings (SSSR count). The number of hydrogen-bond acceptors (Lipinski definition) is 10. The zero-order valence-corrected chi connectivity index (χ0v) is 24.6. The first kappa shape index (κ1) is 35.0. The summed E-state index contributed by atoms with van der Waals surface area (Å²) < 4.78 is 78.8. The number of aromatic nitrogens is 2. The number of carbonyl (C=O) groups is 2. The second-order valence-corrected chi connectivity index (χ2v) is 13.2. The molecule has 0 amide bonds. The van der Waals surface area contributed by atoms with Crippen LogP contribution in [0.15, 0.2) is 15.8 Å². The van der Waals surface area contributed by atoms with Gasteiger partial charge in [-0.1, -0.05) is 0 Å². The first-order valence-corrected chi connectivity index (χ1v) is 15.1. The van der Waals surface area contributed by atoms with Crippen molar-refractivity contribution in [3.05, 3.63) is 32.9 Å². The van der Waals surface area contributed by atoms with Gasteiger partial charge in [0.1, 0.15) is 18.2 Å². The number of aromatic amines is 1. The lowest BCUT2D eigenvalue weighted by atomic mass is 9.97. The molecule has 1 aliphatic rings. The van der Waals surface area contributed by atoms with Crippen LogP contribution < -0.4 is 21.4 Å². The van der Waals surface area contributed by atoms with Crippen LogP contribution in [-0.4, -0.2) is 81.8 Å². The van der Waals surface area contributed by atoms with Crippen molar-refractivity contribution in [2.24, 2.45) is 0 Å². The lowest BCUT2D eigenvalue weighted by molar-refractivity contribution is -0.191. The summed E-state index contributed by atoms with van der Waals surface area (Å²) in [6.45, 7) is 3.70. The molecule has 0 radical (unpaired) electrons. The number of carbonyl (C=O) groups excluding carboxylic acids is 2. The van der Waals surface area contributed by atoms with Gasteiger partial charge in [0, 0.05) is 0 Å². The zero-order valence-electron chi connectivity index (χ0n) is 22.9. The van der Waals surface area contributed by atoms with Gasteiger partial charge in [-0.2, -0.15) is 4.39 Å². The van der Waals surface area contributed by atoms with E-state index in [2.05, 4.69) is 10.2 Å². The molecule has 2 heterocycles. The van der Waals surface area contributed by atoms with Gasteiger partial charge in [0.05, 0.1) is 25.0 Å². The summed E-state index contributed by atoms with van der Waals surface area (Å²) >= 11 is 5.46. The van der Waals surface area contributed by atoms with Crippen molar-refractivity contribution in [3.8, 4) is 0 Å². The van der Waals surface area contributed by atoms with Gasteiger partial charge in [-0.3, -0.25) is 23.9 Å². The molecule has 6 atom stereocenters. The fourth-order valence-corrected chi connectivity index (χ4v) is 6.54. The Bertz CT molecular complexity index is 1230. The molecule has 0 aliphatic carbocycles. The second-order valence-electron chi connectivity index (χ2n) is 9.79. The summed E-state index contributed by atoms with van der Waals surface area (Å²) in [6, 6.07) is -2.41. The minimum absolute atomic E-state index is 0.162. The Hall–Kier alpha value is -2.21. The Morgan fingerprint density at radius 2 is 1.61 bits per heavy atom. The second kappa shape index (κ2) is 13.8. The lowest BCUT2D eigenvalue weighted by Gasteiger charge is -2.35. The summed E-state index contributed by atoms with van der Waals surface area (Å²) in [5.74, 6) is -3.16. The molecule has 41 heavy (non-hydrogen) atoms. The van der Waals surface area contributed by atoms with E-state index >= 15 is 4.39 Å². The number of esters is 2. The molecule has 1 aromatic rings. The topological polar surface area (TPSA) is 170 Å². The number of aliphatic hydroxyl groups is 1. The van der Waals surface area contributed by atoms with E-state index in [0.717, 1.165) is 0 Å². The van der Waals surface area contributed by atoms with Crippen molar-refractivity contribution in [3.63, 3.8) is 0 Å². The zero-order chi connectivity index (χ0) is 31.4. The maximum atomic E-state index is 15.1. The molecule has 13 nitrogen and oxygen atoms in total. The van der Waals surface area contributed by atoms with Gasteiger partial charge in [0.15, 0.2) is 24.6 Å². The summed E-state index contributed by atoms with van der Waals surface area (Å²) in [4.78, 5) is 49.8. The first-order chi connectivity index (χ1) is 18.8. The number of H-pyrrole nitrogens is 1. The van der Waals surface area contributed by atoms with E-state index < -0.39 is 97.0 Å². The average molecular weight is 637 g/mol. The molecule has 0 saturated carbocycles. The highest BCUT2D eigenvalue weighted by molar-refractivity contribution is 8.10. The van der Waals surface area contributed by atoms with Crippen LogP contribution in [0.1, 0.15) is 47.8 Å². The third-order valence-electron chi connectivity index (χ3n) is 5.59. The minimum atomic E-state index is -3.91. The van der Waals surface area contributed by atoms with Crippen LogP contribution in [0.25, 0.3) is 0 Å². The van der Waals surface area contributed by atoms with Crippen LogP contribution in [0.3, 0.4) is 0 Å². The van der Waals surface area contributed by atoms with Crippen molar-refractivity contribution < 1.29 is 51.0 Å². The first-order valence-electron chi connectivity index (χ1n) is 12.3. The van der Waals surface area contributed by atoms with E-state index in [-0.39, 0.29) is 10.8 Å². The SMILES string of the molecule is CC(C)OC(=O)[C@H](C)NP(=S)(N[C@@H](C)C(=O)OC(C)C)OC[C@@]1(C(F)F)O[C@@H](n2cc(F)c(=O)[nH]c2=O)[C@@H](F)[C@@H]1O. The fraction of sp³-hybridized carbons (Fsp3) is 0.727. The third kappa shape index (κ3) is 8.43. The Morgan fingerprint density at radius 3 is 2.05 bits per heavy atom. The van der Waals surface area contributed by atoms with Gasteiger partial charge in [0.25, 0.3) is 12.0 Å². The van der Waals surface area contributed by atoms with Crippen LogP contribution >= 0.6 is 6.57 Å². The molecule has 0 bridgehead atoms. The maximum absolute atomic E-state index is 15.1. The van der Waals surface area contributed by atoms with Gasteiger partial charge in [0.2, 0.25) is 5.82 Å². The van der Waals surface area contributed by atoms with Crippen LogP contribution in [0.2, 0.25) is 0 Å². The number of rotatable bonds is 13. The standard InChI is InChI=1S/C22H33F4N4O9PS/c1-9(2)37-18(33)11(5)28-40(41,29-12(6)19(34)38-10(3)4)36-8-22(20(25)26)15(31)14(24)17(39-22)30-7-13(23)16(32)27-21(30)35/h7,9-12,14-15,17,20,31H,8H2,1-6H3,(H,27,32,35)(H2,28,29,41)/t11-,12-,14-,15-,17+,22+/m0/s1. The highest BCUT2D eigenvalue weighted by atomic mass is 32.4. The Labute approximate surface area is 237 Å². The van der Waals surface area contributed by atoms with Crippen LogP contribution in [0.5, 0.6) is 0 Å². The predicted molar refractivity (Wildman–Crippen MR) is 139 cm³/mol. The van der Waals surface area contributed by atoms with Crippen LogP contribution in [-0.2, 0) is 40.1 Å². The van der Waals surface area contributed by atoms with Crippen molar-refractivity contribution in [2.75, 3.05) is 6.61 Å². The van der Waals surface area contributed by atoms with Crippen LogP contribution in [0.4, 0.5) is 17.6 Å². The van der Waals surface area contributed by atoms with E-state index in [0.29, 0.717) is 0 Å². The van der Waals surface area contributed by atoms with E-state index in [9.17, 15) is 37.5 Å². The summed E-state index contributed by atoms with van der Waals surface area (Å²) in [5, 5.41) is 15.7. The summed E-state index contributed by atoms with van der Waals surface area (Å²) in [7, 11) is 0. The summed E-state index contributed by atoms with van der Waals surface area (Å²) in [5.41, 5.74) is -6.02. The number of aliphatic hydroxyl groups excluding tert-OH is 1. The molecular weight excluding hydrogens is 603 g/mol. The van der Waals surface area contributed by atoms with E-state index in [1.807, 2.05) is 0 Å². The van der Waals surface area contributed by atoms with Crippen molar-refractivity contribution in [2.45, 2.75) is 96.4 Å². The molecule has 4 N–H and O–H groups in total. The van der Waals surface area contributed by atoms with Gasteiger partial charge in [-0.05, 0) is 53.3 Å². The highest BCUT2D eigenvalue weighted by Crippen LogP contribution is 2.47. The van der Waals surface area contributed by atoms with E-state index in [4.69, 9.17) is 30.5 Å². The monoisotopic (exact) mass is 636 g/mol. The Morgan fingerprint density at radius 1 is 1.12 bits per heavy atom. The van der Waals surface area contributed by atoms with Crippen LogP contribution in [0, 0.1) is 5.82 Å². The number of ether oxygens (including phenoxy) is 3. The molecule has 0 spiro atoms. The fourth-order valence-electron chi connectivity index (χ4n) is 3.60. The molecular formula is C22H33F4N4O9PS. The Kier molecular flexibility index (Phi) is 11.8. The van der Waals surface area contributed by atoms with Crippen molar-refractivity contribution in [1.82, 2.24) is 19.7 Å². The molecule has 234 valence electrons. The van der Waals surface area contributed by atoms with Crippen molar-refractivity contribution >= 4 is 30.3 Å². The minimum Gasteiger partial charge on any atom is -0.462 e. The number of nitrogens with one attached hydrogen (secondary N) is 3. The van der Waals surface area contributed by atoms with Crippen molar-refractivity contribution in [1.29, 1.82) is 0 Å². The number of nitrogens with zero attached hydrogens (tertiary/aromatic N) is 1. The molecule has 1 fully saturated rings. The Balaban J connectivity index is 2.42. The highest BCUT2D eigenvalue weighted by Gasteiger charge is 2.62. The number of hydrogen-bond donors (Lipinski definition) is 4. The van der Waals surface area contributed by atoms with Gasteiger partial charge in [-0.25, -0.2) is 28.1 Å². The predicted octanol–water partition coefficient (Wildman–Crippen LogP) is 1.01. The third-order valence-corrected chi connectivity index (χ3v) is 8.49. The molecule has 1 aromatic heterocycles. The molecule has 1 aliphatic heterocycles.